The standard InChI is InChI=1S/C19H17NO3/c21-17-9-8-14-15(17)5-3-6-16(14)19(22)20-10-11-23-18-7-2-1-4-13(18)12-20/h1-7H,8-12H2. The van der Waals surface area contributed by atoms with Crippen LogP contribution in [0, 0.1) is 0 Å². The Morgan fingerprint density at radius 1 is 1.04 bits per heavy atom. The van der Waals surface area contributed by atoms with E-state index in [4.69, 9.17) is 4.74 Å². The molecule has 0 bridgehead atoms. The number of nitrogens with zero attached hydrogens (tertiary/aromatic N) is 1. The predicted molar refractivity (Wildman–Crippen MR) is 85.8 cm³/mol. The number of ketones is 1. The smallest absolute Gasteiger partial charge is 0.254 e. The third-order valence-corrected chi connectivity index (χ3v) is 4.55. The lowest BCUT2D eigenvalue weighted by Gasteiger charge is -2.21. The summed E-state index contributed by atoms with van der Waals surface area (Å²) in [5, 5.41) is 0. The third-order valence-electron chi connectivity index (χ3n) is 4.55. The summed E-state index contributed by atoms with van der Waals surface area (Å²) >= 11 is 0. The van der Waals surface area contributed by atoms with Crippen LogP contribution in [0.4, 0.5) is 0 Å². The molecule has 23 heavy (non-hydrogen) atoms. The topological polar surface area (TPSA) is 46.6 Å². The van der Waals surface area contributed by atoms with Crippen molar-refractivity contribution in [3.8, 4) is 5.75 Å². The minimum absolute atomic E-state index is 0.0168. The molecule has 0 N–H and O–H groups in total. The summed E-state index contributed by atoms with van der Waals surface area (Å²) in [6, 6.07) is 13.3. The molecule has 1 aliphatic carbocycles. The van der Waals surface area contributed by atoms with Gasteiger partial charge in [0.2, 0.25) is 0 Å². The highest BCUT2D eigenvalue weighted by molar-refractivity contribution is 6.05. The maximum absolute atomic E-state index is 13.0. The molecule has 0 spiro atoms. The number of rotatable bonds is 1. The summed E-state index contributed by atoms with van der Waals surface area (Å²) in [5.41, 5.74) is 3.29. The average Bonchev–Trinajstić information content (AvgIpc) is 2.83. The molecule has 2 aromatic carbocycles. The van der Waals surface area contributed by atoms with Crippen molar-refractivity contribution in [3.63, 3.8) is 0 Å². The van der Waals surface area contributed by atoms with E-state index in [1.54, 1.807) is 6.07 Å². The van der Waals surface area contributed by atoms with Crippen LogP contribution in [0.15, 0.2) is 42.5 Å². The molecular weight excluding hydrogens is 290 g/mol. The van der Waals surface area contributed by atoms with Crippen LogP contribution < -0.4 is 4.74 Å². The van der Waals surface area contributed by atoms with Crippen LogP contribution in [0.2, 0.25) is 0 Å². The molecule has 0 unspecified atom stereocenters. The van der Waals surface area contributed by atoms with Crippen molar-refractivity contribution in [1.82, 2.24) is 4.90 Å². The number of Topliss-reactive ketones (excluding diaryl/α,β-unsaturated/α-hetero) is 1. The van der Waals surface area contributed by atoms with Crippen molar-refractivity contribution in [2.75, 3.05) is 13.2 Å². The van der Waals surface area contributed by atoms with Crippen molar-refractivity contribution < 1.29 is 14.3 Å². The Kier molecular flexibility index (Phi) is 3.37. The monoisotopic (exact) mass is 307 g/mol. The number of ether oxygens (including phenoxy) is 1. The summed E-state index contributed by atoms with van der Waals surface area (Å²) in [5.74, 6) is 0.965. The molecule has 2 aliphatic rings. The highest BCUT2D eigenvalue weighted by atomic mass is 16.5. The average molecular weight is 307 g/mol. The van der Waals surface area contributed by atoms with E-state index < -0.39 is 0 Å². The highest BCUT2D eigenvalue weighted by Gasteiger charge is 2.28. The van der Waals surface area contributed by atoms with Crippen molar-refractivity contribution in [2.24, 2.45) is 0 Å². The number of hydrogen-bond acceptors (Lipinski definition) is 3. The van der Waals surface area contributed by atoms with E-state index in [0.717, 1.165) is 16.9 Å². The molecule has 0 fully saturated rings. The number of benzene rings is 2. The normalized spacial score (nSPS) is 16.3. The molecule has 0 atom stereocenters. The SMILES string of the molecule is O=C1CCc2c1cccc2C(=O)N1CCOc2ccccc2C1. The van der Waals surface area contributed by atoms with Gasteiger partial charge < -0.3 is 9.64 Å². The first-order valence-electron chi connectivity index (χ1n) is 7.89. The van der Waals surface area contributed by atoms with Gasteiger partial charge in [-0.25, -0.2) is 0 Å². The van der Waals surface area contributed by atoms with Crippen molar-refractivity contribution in [2.45, 2.75) is 19.4 Å². The Labute approximate surface area is 134 Å². The number of amides is 1. The Hall–Kier alpha value is -2.62. The van der Waals surface area contributed by atoms with Crippen molar-refractivity contribution in [1.29, 1.82) is 0 Å². The van der Waals surface area contributed by atoms with Gasteiger partial charge in [-0.2, -0.15) is 0 Å². The molecule has 0 saturated carbocycles. The number of hydrogen-bond donors (Lipinski definition) is 0. The molecule has 4 nitrogen and oxygen atoms in total. The number of carbonyl (C=O) groups excluding carboxylic acids is 2. The zero-order valence-electron chi connectivity index (χ0n) is 12.7. The van der Waals surface area contributed by atoms with Gasteiger partial charge in [0.05, 0.1) is 6.54 Å². The minimum Gasteiger partial charge on any atom is -0.491 e. The molecule has 4 rings (SSSR count). The van der Waals surface area contributed by atoms with Crippen LogP contribution in [-0.2, 0) is 13.0 Å². The Morgan fingerprint density at radius 2 is 1.91 bits per heavy atom. The van der Waals surface area contributed by atoms with Gasteiger partial charge in [0.15, 0.2) is 5.78 Å². The molecule has 2 aromatic rings. The van der Waals surface area contributed by atoms with Crippen LogP contribution in [0.3, 0.4) is 0 Å². The maximum Gasteiger partial charge on any atom is 0.254 e. The summed E-state index contributed by atoms with van der Waals surface area (Å²) in [6.45, 7) is 1.56. The molecule has 1 aliphatic heterocycles. The second-order valence-corrected chi connectivity index (χ2v) is 5.94. The first-order chi connectivity index (χ1) is 11.2. The molecule has 4 heteroatoms. The molecule has 0 radical (unpaired) electrons. The minimum atomic E-state index is -0.0168. The largest absolute Gasteiger partial charge is 0.491 e. The van der Waals surface area contributed by atoms with Crippen LogP contribution in [-0.4, -0.2) is 29.7 Å². The van der Waals surface area contributed by atoms with Crippen LogP contribution in [0.25, 0.3) is 0 Å². The van der Waals surface area contributed by atoms with Crippen LogP contribution in [0.1, 0.15) is 38.3 Å². The van der Waals surface area contributed by atoms with Crippen molar-refractivity contribution >= 4 is 11.7 Å². The van der Waals surface area contributed by atoms with E-state index in [2.05, 4.69) is 0 Å². The van der Waals surface area contributed by atoms with Gasteiger partial charge in [0.1, 0.15) is 12.4 Å². The molecule has 1 amide bonds. The summed E-state index contributed by atoms with van der Waals surface area (Å²) in [4.78, 5) is 26.7. The van der Waals surface area contributed by atoms with Gasteiger partial charge in [-0.3, -0.25) is 9.59 Å². The molecule has 1 heterocycles. The zero-order valence-corrected chi connectivity index (χ0v) is 12.7. The summed E-state index contributed by atoms with van der Waals surface area (Å²) in [6.07, 6.45) is 1.17. The first kappa shape index (κ1) is 14.0. The van der Waals surface area contributed by atoms with Crippen molar-refractivity contribution in [3.05, 3.63) is 64.7 Å². The second-order valence-electron chi connectivity index (χ2n) is 5.94. The summed E-state index contributed by atoms with van der Waals surface area (Å²) < 4.78 is 5.73. The fourth-order valence-electron chi connectivity index (χ4n) is 3.36. The van der Waals surface area contributed by atoms with Gasteiger partial charge >= 0.3 is 0 Å². The number of fused-ring (bicyclic) bond motifs is 2. The van der Waals surface area contributed by atoms with Crippen LogP contribution >= 0.6 is 0 Å². The first-order valence-corrected chi connectivity index (χ1v) is 7.89. The van der Waals surface area contributed by atoms with E-state index in [1.807, 2.05) is 41.3 Å². The number of para-hydroxylation sites is 1. The van der Waals surface area contributed by atoms with Gasteiger partial charge in [-0.05, 0) is 24.1 Å². The molecular formula is C19H17NO3. The lowest BCUT2D eigenvalue weighted by molar-refractivity contribution is 0.0732. The molecule has 116 valence electrons. The third kappa shape index (κ3) is 2.40. The summed E-state index contributed by atoms with van der Waals surface area (Å²) in [7, 11) is 0. The lowest BCUT2D eigenvalue weighted by Crippen LogP contribution is -2.33. The molecule has 0 saturated heterocycles. The lowest BCUT2D eigenvalue weighted by atomic mass is 10.0. The quantitative estimate of drug-likeness (QED) is 0.814. The van der Waals surface area contributed by atoms with Gasteiger partial charge in [-0.15, -0.1) is 0 Å². The predicted octanol–water partition coefficient (Wildman–Crippen LogP) is 2.85. The van der Waals surface area contributed by atoms with Gasteiger partial charge in [0, 0.05) is 29.7 Å². The highest BCUT2D eigenvalue weighted by Crippen LogP contribution is 2.28. The fraction of sp³-hybridized carbons (Fsp3) is 0.263. The van der Waals surface area contributed by atoms with E-state index in [-0.39, 0.29) is 11.7 Å². The van der Waals surface area contributed by atoms with E-state index in [9.17, 15) is 9.59 Å². The van der Waals surface area contributed by atoms with Crippen LogP contribution in [0.5, 0.6) is 5.75 Å². The number of carbonyl (C=O) groups is 2. The van der Waals surface area contributed by atoms with E-state index in [0.29, 0.717) is 43.7 Å². The maximum atomic E-state index is 13.0. The van der Waals surface area contributed by atoms with E-state index in [1.165, 1.54) is 0 Å². The zero-order chi connectivity index (χ0) is 15.8. The Bertz CT molecular complexity index is 797. The Morgan fingerprint density at radius 3 is 2.83 bits per heavy atom. The second kappa shape index (κ2) is 5.54. The van der Waals surface area contributed by atoms with Gasteiger partial charge in [-0.1, -0.05) is 30.3 Å². The van der Waals surface area contributed by atoms with E-state index >= 15 is 0 Å². The molecule has 0 aromatic heterocycles. The fourth-order valence-corrected chi connectivity index (χ4v) is 3.36. The Balaban J connectivity index is 1.67. The van der Waals surface area contributed by atoms with Gasteiger partial charge in [0.25, 0.3) is 5.91 Å².